The van der Waals surface area contributed by atoms with Gasteiger partial charge in [0.25, 0.3) is 0 Å². The van der Waals surface area contributed by atoms with Gasteiger partial charge in [-0.1, -0.05) is 78.1 Å². The van der Waals surface area contributed by atoms with Crippen molar-refractivity contribution >= 4 is 11.9 Å². The van der Waals surface area contributed by atoms with Crippen molar-refractivity contribution < 1.29 is 24.5 Å². The Morgan fingerprint density at radius 2 is 0.889 bits per heavy atom. The van der Waals surface area contributed by atoms with Gasteiger partial charge < -0.3 is 14.9 Å². The summed E-state index contributed by atoms with van der Waals surface area (Å²) in [6.07, 6.45) is 17.4. The van der Waals surface area contributed by atoms with Gasteiger partial charge in [-0.2, -0.15) is 0 Å². The lowest BCUT2D eigenvalue weighted by atomic mass is 10.1. The predicted octanol–water partition coefficient (Wildman–Crippen LogP) is 6.44. The van der Waals surface area contributed by atoms with Gasteiger partial charge in [0, 0.05) is 26.1 Å². The van der Waals surface area contributed by atoms with Crippen LogP contribution in [0.3, 0.4) is 0 Å². The SMILES string of the molecule is CCCCCCCCOCCCCCCCC.O=C(O)CCCCC(=O)O. The Balaban J connectivity index is 0. The first-order valence-corrected chi connectivity index (χ1v) is 11.1. The highest BCUT2D eigenvalue weighted by Gasteiger charge is 1.99. The molecular formula is C22H44O5. The summed E-state index contributed by atoms with van der Waals surface area (Å²) in [6.45, 7) is 6.51. The quantitative estimate of drug-likeness (QED) is 0.249. The maximum absolute atomic E-state index is 9.90. The van der Waals surface area contributed by atoms with E-state index in [4.69, 9.17) is 14.9 Å². The molecule has 0 atom stereocenters. The van der Waals surface area contributed by atoms with Gasteiger partial charge in [0.15, 0.2) is 0 Å². The standard InChI is InChI=1S/C16H34O.C6H10O4/c1-3-5-7-9-11-13-15-17-16-14-12-10-8-6-4-2;7-5(8)3-1-2-4-6(9)10/h3-16H2,1-2H3;1-4H2,(H,7,8)(H,9,10). The molecule has 5 nitrogen and oxygen atoms in total. The average molecular weight is 389 g/mol. The highest BCUT2D eigenvalue weighted by Crippen LogP contribution is 2.07. The molecule has 0 radical (unpaired) electrons. The third kappa shape index (κ3) is 33.0. The predicted molar refractivity (Wildman–Crippen MR) is 111 cm³/mol. The maximum atomic E-state index is 9.90. The van der Waals surface area contributed by atoms with Crippen LogP contribution in [0.4, 0.5) is 0 Å². The molecule has 0 amide bonds. The highest BCUT2D eigenvalue weighted by molar-refractivity contribution is 5.67. The zero-order chi connectivity index (χ0) is 20.6. The minimum atomic E-state index is -0.870. The summed E-state index contributed by atoms with van der Waals surface area (Å²) in [5.74, 6) is -1.74. The number of unbranched alkanes of at least 4 members (excludes halogenated alkanes) is 11. The normalized spacial score (nSPS) is 10.3. The molecule has 0 aromatic heterocycles. The molecule has 27 heavy (non-hydrogen) atoms. The fourth-order valence-corrected chi connectivity index (χ4v) is 2.62. The lowest BCUT2D eigenvalue weighted by Crippen LogP contribution is -1.97. The van der Waals surface area contributed by atoms with E-state index in [1.807, 2.05) is 0 Å². The molecule has 0 rings (SSSR count). The molecule has 0 heterocycles. The lowest BCUT2D eigenvalue weighted by Gasteiger charge is -2.04. The Kier molecular flexibility index (Phi) is 25.9. The smallest absolute Gasteiger partial charge is 0.303 e. The fraction of sp³-hybridized carbons (Fsp3) is 0.909. The minimum Gasteiger partial charge on any atom is -0.481 e. The number of carbonyl (C=O) groups is 2. The number of carboxylic acids is 2. The number of carboxylic acid groups (broad SMARTS) is 2. The Labute approximate surface area is 166 Å². The van der Waals surface area contributed by atoms with Crippen molar-refractivity contribution in [2.45, 2.75) is 117 Å². The van der Waals surface area contributed by atoms with Gasteiger partial charge >= 0.3 is 11.9 Å². The van der Waals surface area contributed by atoms with Crippen LogP contribution < -0.4 is 0 Å². The van der Waals surface area contributed by atoms with Crippen LogP contribution in [0.25, 0.3) is 0 Å². The molecule has 0 saturated heterocycles. The summed E-state index contributed by atoms with van der Waals surface area (Å²) in [7, 11) is 0. The summed E-state index contributed by atoms with van der Waals surface area (Å²) in [5, 5.41) is 16.3. The summed E-state index contributed by atoms with van der Waals surface area (Å²) in [6, 6.07) is 0. The zero-order valence-electron chi connectivity index (χ0n) is 17.8. The number of ether oxygens (including phenoxy) is 1. The van der Waals surface area contributed by atoms with Gasteiger partial charge in [-0.25, -0.2) is 0 Å². The largest absolute Gasteiger partial charge is 0.481 e. The third-order valence-electron chi connectivity index (χ3n) is 4.32. The molecule has 0 fully saturated rings. The van der Waals surface area contributed by atoms with Gasteiger partial charge in [0.1, 0.15) is 0 Å². The summed E-state index contributed by atoms with van der Waals surface area (Å²) < 4.78 is 5.65. The molecule has 0 saturated carbocycles. The van der Waals surface area contributed by atoms with Crippen LogP contribution in [0.5, 0.6) is 0 Å². The maximum Gasteiger partial charge on any atom is 0.303 e. The van der Waals surface area contributed by atoms with Crippen LogP contribution in [0, 0.1) is 0 Å². The van der Waals surface area contributed by atoms with Crippen molar-refractivity contribution in [3.05, 3.63) is 0 Å². The fourth-order valence-electron chi connectivity index (χ4n) is 2.62. The van der Waals surface area contributed by atoms with E-state index in [0.29, 0.717) is 12.8 Å². The van der Waals surface area contributed by atoms with E-state index in [2.05, 4.69) is 13.8 Å². The number of aliphatic carboxylic acids is 2. The van der Waals surface area contributed by atoms with Crippen molar-refractivity contribution in [1.29, 1.82) is 0 Å². The molecule has 5 heteroatoms. The van der Waals surface area contributed by atoms with Crippen LogP contribution in [-0.4, -0.2) is 35.4 Å². The van der Waals surface area contributed by atoms with Gasteiger partial charge in [0.2, 0.25) is 0 Å². The highest BCUT2D eigenvalue weighted by atomic mass is 16.5. The zero-order valence-corrected chi connectivity index (χ0v) is 17.8. The second-order valence-electron chi connectivity index (χ2n) is 7.14. The Morgan fingerprint density at radius 3 is 1.22 bits per heavy atom. The minimum absolute atomic E-state index is 0.0628. The van der Waals surface area contributed by atoms with Gasteiger partial charge in [-0.3, -0.25) is 9.59 Å². The van der Waals surface area contributed by atoms with Crippen LogP contribution in [-0.2, 0) is 14.3 Å². The second kappa shape index (κ2) is 24.9. The molecule has 0 aliphatic rings. The first-order valence-electron chi connectivity index (χ1n) is 11.1. The van der Waals surface area contributed by atoms with Crippen molar-refractivity contribution in [3.8, 4) is 0 Å². The van der Waals surface area contributed by atoms with Crippen molar-refractivity contribution in [3.63, 3.8) is 0 Å². The number of hydrogen-bond acceptors (Lipinski definition) is 3. The van der Waals surface area contributed by atoms with E-state index in [0.717, 1.165) is 13.2 Å². The van der Waals surface area contributed by atoms with E-state index in [1.165, 1.54) is 77.0 Å². The van der Waals surface area contributed by atoms with E-state index >= 15 is 0 Å². The van der Waals surface area contributed by atoms with Crippen LogP contribution in [0.1, 0.15) is 117 Å². The van der Waals surface area contributed by atoms with E-state index in [1.54, 1.807) is 0 Å². The summed E-state index contributed by atoms with van der Waals surface area (Å²) >= 11 is 0. The summed E-state index contributed by atoms with van der Waals surface area (Å²) in [5.41, 5.74) is 0. The van der Waals surface area contributed by atoms with E-state index in [9.17, 15) is 9.59 Å². The van der Waals surface area contributed by atoms with Crippen LogP contribution in [0.15, 0.2) is 0 Å². The first-order chi connectivity index (χ1) is 13.0. The molecule has 0 aliphatic carbocycles. The van der Waals surface area contributed by atoms with E-state index in [-0.39, 0.29) is 12.8 Å². The topological polar surface area (TPSA) is 83.8 Å². The molecule has 0 bridgehead atoms. The van der Waals surface area contributed by atoms with Crippen LogP contribution in [0.2, 0.25) is 0 Å². The molecule has 0 aromatic carbocycles. The third-order valence-corrected chi connectivity index (χ3v) is 4.32. The molecule has 2 N–H and O–H groups in total. The number of hydrogen-bond donors (Lipinski definition) is 2. The Bertz CT molecular complexity index is 288. The van der Waals surface area contributed by atoms with Crippen molar-refractivity contribution in [1.82, 2.24) is 0 Å². The monoisotopic (exact) mass is 388 g/mol. The lowest BCUT2D eigenvalue weighted by molar-refractivity contribution is -0.139. The molecule has 162 valence electrons. The first kappa shape index (κ1) is 28.1. The molecule has 0 spiro atoms. The van der Waals surface area contributed by atoms with Gasteiger partial charge in [-0.05, 0) is 25.7 Å². The van der Waals surface area contributed by atoms with Crippen LogP contribution >= 0.6 is 0 Å². The van der Waals surface area contributed by atoms with Gasteiger partial charge in [0.05, 0.1) is 0 Å². The second-order valence-corrected chi connectivity index (χ2v) is 7.14. The Morgan fingerprint density at radius 1 is 0.556 bits per heavy atom. The average Bonchev–Trinajstić information content (AvgIpc) is 2.63. The van der Waals surface area contributed by atoms with Crippen molar-refractivity contribution in [2.75, 3.05) is 13.2 Å². The molecule has 0 aliphatic heterocycles. The number of rotatable bonds is 19. The molecular weight excluding hydrogens is 344 g/mol. The van der Waals surface area contributed by atoms with Crippen molar-refractivity contribution in [2.24, 2.45) is 0 Å². The summed E-state index contributed by atoms with van der Waals surface area (Å²) in [4.78, 5) is 19.8. The molecule has 0 aromatic rings. The Hall–Kier alpha value is -1.10. The molecule has 0 unspecified atom stereocenters. The van der Waals surface area contributed by atoms with E-state index < -0.39 is 11.9 Å². The van der Waals surface area contributed by atoms with Gasteiger partial charge in [-0.15, -0.1) is 0 Å².